The van der Waals surface area contributed by atoms with Gasteiger partial charge in [-0.05, 0) is 27.9 Å². The van der Waals surface area contributed by atoms with Crippen LogP contribution in [0, 0.1) is 5.41 Å². The topological polar surface area (TPSA) is 3.24 Å². The first kappa shape index (κ1) is 18.3. The van der Waals surface area contributed by atoms with Crippen LogP contribution in [-0.2, 0) is 0 Å². The molecule has 0 aliphatic carbocycles. The average molecular weight is 305 g/mol. The summed E-state index contributed by atoms with van der Waals surface area (Å²) in [7, 11) is 1.17. The molecule has 0 saturated carbocycles. The van der Waals surface area contributed by atoms with Gasteiger partial charge in [0.15, 0.2) is 0 Å². The lowest BCUT2D eigenvalue weighted by atomic mass is 9.78. The third-order valence-electron chi connectivity index (χ3n) is 2.85. The minimum Gasteiger partial charge on any atom is -0.250 e. The molecule has 116 valence electrons. The third kappa shape index (κ3) is 2.38. The van der Waals surface area contributed by atoms with E-state index < -0.39 is 29.5 Å². The van der Waals surface area contributed by atoms with Crippen molar-refractivity contribution in [2.45, 2.75) is 37.9 Å². The fraction of sp³-hybridized carbons (Fsp3) is 1.00. The quantitative estimate of drug-likeness (QED) is 0.560. The largest absolute Gasteiger partial charge is 0.459 e. The molecule has 0 saturated heterocycles. The summed E-state index contributed by atoms with van der Waals surface area (Å²) >= 11 is 0. The van der Waals surface area contributed by atoms with Gasteiger partial charge in [0, 0.05) is 0 Å². The Hall–Kier alpha value is -0.670. The van der Waals surface area contributed by atoms with Crippen LogP contribution in [-0.4, -0.2) is 43.1 Å². The van der Waals surface area contributed by atoms with E-state index in [4.69, 9.17) is 0 Å². The van der Waals surface area contributed by atoms with Gasteiger partial charge < -0.3 is 0 Å². The molecule has 1 nitrogen and oxygen atoms in total. The number of alkyl halides is 9. The average Bonchev–Trinajstić information content (AvgIpc) is 2.14. The Morgan fingerprint density at radius 3 is 1.16 bits per heavy atom. The Kier molecular flexibility index (Phi) is 4.27. The Balaban J connectivity index is 5.92. The highest BCUT2D eigenvalue weighted by Crippen LogP contribution is 2.59. The molecule has 0 aliphatic rings. The standard InChI is InChI=1S/C9H12F9N/c1-5(2,9(17,18)19(3)4)6(10,11)7(12,13)8(14,15)16/h1-4H3. The zero-order chi connectivity index (χ0) is 16.1. The van der Waals surface area contributed by atoms with Crippen molar-refractivity contribution < 1.29 is 39.5 Å². The van der Waals surface area contributed by atoms with Crippen molar-refractivity contribution in [3.63, 3.8) is 0 Å². The highest BCUT2D eigenvalue weighted by molar-refractivity contribution is 5.04. The van der Waals surface area contributed by atoms with E-state index in [1.54, 1.807) is 0 Å². The van der Waals surface area contributed by atoms with Crippen molar-refractivity contribution in [1.29, 1.82) is 0 Å². The SMILES string of the molecule is CN(C)C(F)(F)C(C)(C)C(F)(F)C(F)(F)C(F)(F)F. The van der Waals surface area contributed by atoms with E-state index in [1.165, 1.54) is 0 Å². The van der Waals surface area contributed by atoms with Crippen molar-refractivity contribution in [2.75, 3.05) is 14.1 Å². The van der Waals surface area contributed by atoms with Gasteiger partial charge in [-0.25, -0.2) is 0 Å². The number of rotatable bonds is 4. The first-order valence-corrected chi connectivity index (χ1v) is 4.82. The van der Waals surface area contributed by atoms with Crippen LogP contribution in [0.5, 0.6) is 0 Å². The van der Waals surface area contributed by atoms with Crippen LogP contribution in [0.15, 0.2) is 0 Å². The Bertz CT molecular complexity index is 329. The molecule has 0 fully saturated rings. The molecule has 0 aromatic rings. The van der Waals surface area contributed by atoms with E-state index in [0.717, 1.165) is 0 Å². The monoisotopic (exact) mass is 305 g/mol. The Morgan fingerprint density at radius 2 is 0.947 bits per heavy atom. The van der Waals surface area contributed by atoms with E-state index in [0.29, 0.717) is 14.1 Å². The predicted octanol–water partition coefficient (Wildman–Crippen LogP) is 4.00. The normalized spacial score (nSPS) is 16.1. The third-order valence-corrected chi connectivity index (χ3v) is 2.85. The fourth-order valence-corrected chi connectivity index (χ4v) is 1.32. The van der Waals surface area contributed by atoms with Gasteiger partial charge in [-0.1, -0.05) is 0 Å². The molecule has 0 aliphatic heterocycles. The second kappa shape index (κ2) is 4.42. The first-order valence-electron chi connectivity index (χ1n) is 4.82. The van der Waals surface area contributed by atoms with E-state index in [1.807, 2.05) is 0 Å². The van der Waals surface area contributed by atoms with Gasteiger partial charge in [0.1, 0.15) is 5.41 Å². The number of hydrogen-bond donors (Lipinski definition) is 0. The molecule has 0 N–H and O–H groups in total. The zero-order valence-corrected chi connectivity index (χ0v) is 10.3. The van der Waals surface area contributed by atoms with Crippen molar-refractivity contribution >= 4 is 0 Å². The highest BCUT2D eigenvalue weighted by Gasteiger charge is 2.81. The van der Waals surface area contributed by atoms with Crippen LogP contribution < -0.4 is 0 Å². The van der Waals surface area contributed by atoms with Crippen molar-refractivity contribution in [3.8, 4) is 0 Å². The van der Waals surface area contributed by atoms with Gasteiger partial charge in [-0.3, -0.25) is 4.90 Å². The summed E-state index contributed by atoms with van der Waals surface area (Å²) in [6.07, 6.45) is -6.64. The van der Waals surface area contributed by atoms with Crippen LogP contribution in [0.3, 0.4) is 0 Å². The van der Waals surface area contributed by atoms with Crippen LogP contribution in [0.25, 0.3) is 0 Å². The molecule has 0 spiro atoms. The maximum atomic E-state index is 13.5. The zero-order valence-electron chi connectivity index (χ0n) is 10.3. The summed E-state index contributed by atoms with van der Waals surface area (Å²) in [5.41, 5.74) is -3.96. The molecule has 0 atom stereocenters. The molecule has 0 aromatic carbocycles. The summed E-state index contributed by atoms with van der Waals surface area (Å²) in [5, 5.41) is 0. The van der Waals surface area contributed by atoms with E-state index in [9.17, 15) is 39.5 Å². The lowest BCUT2D eigenvalue weighted by Gasteiger charge is -2.45. The lowest BCUT2D eigenvalue weighted by Crippen LogP contribution is -2.66. The molecule has 0 aromatic heterocycles. The molecular formula is C9H12F9N. The van der Waals surface area contributed by atoms with Crippen molar-refractivity contribution in [1.82, 2.24) is 4.90 Å². The fourth-order valence-electron chi connectivity index (χ4n) is 1.32. The predicted molar refractivity (Wildman–Crippen MR) is 48.4 cm³/mol. The smallest absolute Gasteiger partial charge is 0.250 e. The van der Waals surface area contributed by atoms with Crippen molar-refractivity contribution in [2.24, 2.45) is 5.41 Å². The van der Waals surface area contributed by atoms with Crippen molar-refractivity contribution in [3.05, 3.63) is 0 Å². The van der Waals surface area contributed by atoms with E-state index in [-0.39, 0.29) is 18.7 Å². The summed E-state index contributed by atoms with van der Waals surface area (Å²) in [6.45, 7) is -0.0979. The van der Waals surface area contributed by atoms with Gasteiger partial charge in [0.2, 0.25) is 0 Å². The summed E-state index contributed by atoms with van der Waals surface area (Å²) < 4.78 is 115. The highest BCUT2D eigenvalue weighted by atomic mass is 19.4. The first-order chi connectivity index (χ1) is 7.94. The van der Waals surface area contributed by atoms with Gasteiger partial charge >= 0.3 is 24.1 Å². The maximum absolute atomic E-state index is 13.5. The minimum absolute atomic E-state index is 0.0490. The molecule has 0 radical (unpaired) electrons. The number of nitrogens with zero attached hydrogens (tertiary/aromatic N) is 1. The Morgan fingerprint density at radius 1 is 0.632 bits per heavy atom. The second-order valence-corrected chi connectivity index (χ2v) is 4.71. The maximum Gasteiger partial charge on any atom is 0.459 e. The van der Waals surface area contributed by atoms with Crippen LogP contribution in [0.4, 0.5) is 39.5 Å². The Labute approximate surface area is 103 Å². The molecule has 19 heavy (non-hydrogen) atoms. The summed E-state index contributed by atoms with van der Waals surface area (Å²) in [6, 6.07) is -4.59. The molecule has 0 rings (SSSR count). The lowest BCUT2D eigenvalue weighted by molar-refractivity contribution is -0.404. The van der Waals surface area contributed by atoms with E-state index in [2.05, 4.69) is 0 Å². The summed E-state index contributed by atoms with van der Waals surface area (Å²) in [4.78, 5) is -0.145. The number of halogens is 9. The molecule has 0 unspecified atom stereocenters. The van der Waals surface area contributed by atoms with Gasteiger partial charge in [-0.2, -0.15) is 39.5 Å². The van der Waals surface area contributed by atoms with Gasteiger partial charge in [0.05, 0.1) is 0 Å². The number of hydrogen-bond acceptors (Lipinski definition) is 1. The molecule has 0 bridgehead atoms. The molecule has 0 heterocycles. The van der Waals surface area contributed by atoms with E-state index >= 15 is 0 Å². The van der Waals surface area contributed by atoms with Crippen LogP contribution >= 0.6 is 0 Å². The van der Waals surface area contributed by atoms with Gasteiger partial charge in [-0.15, -0.1) is 0 Å². The molecule has 0 amide bonds. The van der Waals surface area contributed by atoms with Crippen LogP contribution in [0.2, 0.25) is 0 Å². The summed E-state index contributed by atoms with van der Waals surface area (Å²) in [5.74, 6) is -12.6. The second-order valence-electron chi connectivity index (χ2n) is 4.71. The van der Waals surface area contributed by atoms with Crippen LogP contribution in [0.1, 0.15) is 13.8 Å². The molecule has 10 heteroatoms. The molecular weight excluding hydrogens is 293 g/mol. The van der Waals surface area contributed by atoms with Gasteiger partial charge in [0.25, 0.3) is 0 Å². The minimum atomic E-state index is -6.64.